The summed E-state index contributed by atoms with van der Waals surface area (Å²) in [6.07, 6.45) is 6.37. The zero-order chi connectivity index (χ0) is 13.0. The van der Waals surface area contributed by atoms with E-state index in [1.54, 1.807) is 6.07 Å². The van der Waals surface area contributed by atoms with Gasteiger partial charge in [-0.25, -0.2) is 4.39 Å². The minimum atomic E-state index is -0.181. The van der Waals surface area contributed by atoms with Crippen molar-refractivity contribution in [3.05, 3.63) is 34.1 Å². The van der Waals surface area contributed by atoms with E-state index < -0.39 is 0 Å². The second-order valence-corrected chi connectivity index (χ2v) is 6.00. The van der Waals surface area contributed by atoms with Gasteiger partial charge in [-0.15, -0.1) is 0 Å². The van der Waals surface area contributed by atoms with Gasteiger partial charge in [-0.2, -0.15) is 0 Å². The Labute approximate surface area is 117 Å². The van der Waals surface area contributed by atoms with Gasteiger partial charge in [0.1, 0.15) is 5.82 Å². The highest BCUT2D eigenvalue weighted by Gasteiger charge is 2.26. The summed E-state index contributed by atoms with van der Waals surface area (Å²) in [7, 11) is 0. The van der Waals surface area contributed by atoms with Gasteiger partial charge in [0, 0.05) is 6.04 Å². The molecule has 1 aromatic rings. The third-order valence-corrected chi connectivity index (χ3v) is 4.40. The summed E-state index contributed by atoms with van der Waals surface area (Å²) in [6.45, 7) is 3.20. The van der Waals surface area contributed by atoms with Crippen molar-refractivity contribution in [3.63, 3.8) is 0 Å². The first-order chi connectivity index (χ1) is 8.72. The van der Waals surface area contributed by atoms with Gasteiger partial charge in [0.2, 0.25) is 0 Å². The lowest BCUT2D eigenvalue weighted by Gasteiger charge is -2.25. The average Bonchev–Trinajstić information content (AvgIpc) is 2.88. The van der Waals surface area contributed by atoms with Crippen LogP contribution in [0.25, 0.3) is 0 Å². The lowest BCUT2D eigenvalue weighted by Crippen LogP contribution is -2.27. The Kier molecular flexibility index (Phi) is 5.19. The summed E-state index contributed by atoms with van der Waals surface area (Å²) < 4.78 is 13.9. The molecule has 0 heterocycles. The molecule has 0 aliphatic heterocycles. The Morgan fingerprint density at radius 3 is 2.72 bits per heavy atom. The van der Waals surface area contributed by atoms with Crippen molar-refractivity contribution in [3.8, 4) is 0 Å². The van der Waals surface area contributed by atoms with E-state index in [9.17, 15) is 4.39 Å². The topological polar surface area (TPSA) is 12.0 Å². The van der Waals surface area contributed by atoms with Crippen molar-refractivity contribution < 1.29 is 4.39 Å². The van der Waals surface area contributed by atoms with E-state index in [4.69, 9.17) is 0 Å². The molecule has 0 spiro atoms. The van der Waals surface area contributed by atoms with E-state index in [0.717, 1.165) is 13.0 Å². The molecule has 0 radical (unpaired) electrons. The van der Waals surface area contributed by atoms with Gasteiger partial charge in [-0.3, -0.25) is 0 Å². The monoisotopic (exact) mass is 313 g/mol. The molecule has 2 rings (SSSR count). The molecule has 100 valence electrons. The van der Waals surface area contributed by atoms with E-state index in [0.29, 0.717) is 16.4 Å². The van der Waals surface area contributed by atoms with Gasteiger partial charge < -0.3 is 5.32 Å². The van der Waals surface area contributed by atoms with Gasteiger partial charge in [0.25, 0.3) is 0 Å². The fraction of sp³-hybridized carbons (Fsp3) is 0.600. The highest BCUT2D eigenvalue weighted by atomic mass is 79.9. The van der Waals surface area contributed by atoms with Gasteiger partial charge in [0.15, 0.2) is 0 Å². The summed E-state index contributed by atoms with van der Waals surface area (Å²) in [5.41, 5.74) is 1.21. The summed E-state index contributed by atoms with van der Waals surface area (Å²) in [4.78, 5) is 0. The molecule has 1 unspecified atom stereocenters. The van der Waals surface area contributed by atoms with Crippen LogP contribution in [0.4, 0.5) is 4.39 Å². The zero-order valence-corrected chi connectivity index (χ0v) is 12.5. The maximum atomic E-state index is 13.3. The highest BCUT2D eigenvalue weighted by molar-refractivity contribution is 9.10. The van der Waals surface area contributed by atoms with E-state index in [1.165, 1.54) is 31.2 Å². The number of halogens is 2. The Morgan fingerprint density at radius 2 is 2.11 bits per heavy atom. The minimum absolute atomic E-state index is 0.181. The molecular weight excluding hydrogens is 293 g/mol. The molecule has 1 nitrogen and oxygen atoms in total. The number of nitrogens with one attached hydrogen (secondary N) is 1. The van der Waals surface area contributed by atoms with Crippen LogP contribution in [0.3, 0.4) is 0 Å². The highest BCUT2D eigenvalue weighted by Crippen LogP contribution is 2.36. The van der Waals surface area contributed by atoms with E-state index in [1.807, 2.05) is 12.1 Å². The Balaban J connectivity index is 2.17. The van der Waals surface area contributed by atoms with Crippen LogP contribution in [0.1, 0.15) is 50.6 Å². The molecule has 18 heavy (non-hydrogen) atoms. The third-order valence-electron chi connectivity index (χ3n) is 3.79. The standard InChI is InChI=1S/C15H21BrFN/c1-2-9-18-15(11-5-3-4-6-11)12-7-8-14(17)13(16)10-12/h7-8,10-11,15,18H,2-6,9H2,1H3. The fourth-order valence-electron chi connectivity index (χ4n) is 2.85. The van der Waals surface area contributed by atoms with Gasteiger partial charge in [-0.05, 0) is 65.4 Å². The van der Waals surface area contributed by atoms with E-state index in [2.05, 4.69) is 28.2 Å². The van der Waals surface area contributed by atoms with Crippen LogP contribution in [0.5, 0.6) is 0 Å². The maximum absolute atomic E-state index is 13.3. The molecule has 0 bridgehead atoms. The smallest absolute Gasteiger partial charge is 0.137 e. The largest absolute Gasteiger partial charge is 0.310 e. The first-order valence-corrected chi connectivity index (χ1v) is 7.70. The first-order valence-electron chi connectivity index (χ1n) is 6.90. The number of hydrogen-bond acceptors (Lipinski definition) is 1. The Morgan fingerprint density at radius 1 is 1.39 bits per heavy atom. The van der Waals surface area contributed by atoms with Crippen molar-refractivity contribution in [1.29, 1.82) is 0 Å². The van der Waals surface area contributed by atoms with E-state index in [-0.39, 0.29) is 5.82 Å². The lowest BCUT2D eigenvalue weighted by atomic mass is 9.91. The third kappa shape index (κ3) is 3.33. The molecule has 1 aliphatic rings. The van der Waals surface area contributed by atoms with Crippen LogP contribution < -0.4 is 5.32 Å². The van der Waals surface area contributed by atoms with Crippen molar-refractivity contribution in [2.24, 2.45) is 5.92 Å². The van der Waals surface area contributed by atoms with E-state index >= 15 is 0 Å². The van der Waals surface area contributed by atoms with Gasteiger partial charge in [0.05, 0.1) is 4.47 Å². The molecule has 1 aromatic carbocycles. The molecule has 3 heteroatoms. The average molecular weight is 314 g/mol. The predicted molar refractivity (Wildman–Crippen MR) is 77.1 cm³/mol. The quantitative estimate of drug-likeness (QED) is 0.821. The lowest BCUT2D eigenvalue weighted by molar-refractivity contribution is 0.368. The molecule has 1 atom stereocenters. The molecule has 0 saturated heterocycles. The number of rotatable bonds is 5. The number of benzene rings is 1. The van der Waals surface area contributed by atoms with Crippen molar-refractivity contribution in [2.75, 3.05) is 6.54 Å². The molecule has 1 N–H and O–H groups in total. The van der Waals surface area contributed by atoms with Crippen molar-refractivity contribution in [2.45, 2.75) is 45.1 Å². The summed E-state index contributed by atoms with van der Waals surface area (Å²) in [5.74, 6) is 0.522. The van der Waals surface area contributed by atoms with Gasteiger partial charge >= 0.3 is 0 Å². The number of hydrogen-bond donors (Lipinski definition) is 1. The summed E-state index contributed by atoms with van der Waals surface area (Å²) >= 11 is 3.29. The zero-order valence-electron chi connectivity index (χ0n) is 10.9. The van der Waals surface area contributed by atoms with Crippen molar-refractivity contribution >= 4 is 15.9 Å². The minimum Gasteiger partial charge on any atom is -0.310 e. The van der Waals surface area contributed by atoms with Crippen LogP contribution in [-0.4, -0.2) is 6.54 Å². The first kappa shape index (κ1) is 14.0. The predicted octanol–water partition coefficient (Wildman–Crippen LogP) is 4.82. The SMILES string of the molecule is CCCNC(c1ccc(F)c(Br)c1)C1CCCC1. The van der Waals surface area contributed by atoms with Crippen LogP contribution >= 0.6 is 15.9 Å². The van der Waals surface area contributed by atoms with Crippen LogP contribution in [0.2, 0.25) is 0 Å². The van der Waals surface area contributed by atoms with Gasteiger partial charge in [-0.1, -0.05) is 25.8 Å². The summed E-state index contributed by atoms with van der Waals surface area (Å²) in [6, 6.07) is 5.80. The molecule has 1 fully saturated rings. The molecule has 1 aliphatic carbocycles. The molecule has 0 amide bonds. The van der Waals surface area contributed by atoms with Crippen LogP contribution in [0.15, 0.2) is 22.7 Å². The van der Waals surface area contributed by atoms with Crippen LogP contribution in [-0.2, 0) is 0 Å². The fourth-order valence-corrected chi connectivity index (χ4v) is 3.25. The second kappa shape index (κ2) is 6.67. The molecular formula is C15H21BrFN. The Hall–Kier alpha value is -0.410. The van der Waals surface area contributed by atoms with Crippen molar-refractivity contribution in [1.82, 2.24) is 5.32 Å². The molecule has 0 aromatic heterocycles. The normalized spacial score (nSPS) is 18.2. The Bertz CT molecular complexity index is 388. The second-order valence-electron chi connectivity index (χ2n) is 5.15. The maximum Gasteiger partial charge on any atom is 0.137 e. The summed E-state index contributed by atoms with van der Waals surface area (Å²) in [5, 5.41) is 3.63. The molecule has 1 saturated carbocycles. The van der Waals surface area contributed by atoms with Crippen LogP contribution in [0, 0.1) is 11.7 Å².